The van der Waals surface area contributed by atoms with Crippen LogP contribution < -0.4 is 0 Å². The molecule has 2 saturated heterocycles. The highest BCUT2D eigenvalue weighted by molar-refractivity contribution is 5.76. The van der Waals surface area contributed by atoms with E-state index in [9.17, 15) is 14.7 Å². The number of carbonyl (C=O) groups excluding carboxylic acids is 1. The lowest BCUT2D eigenvalue weighted by atomic mass is 10.0. The van der Waals surface area contributed by atoms with Crippen LogP contribution in [-0.2, 0) is 9.59 Å². The predicted molar refractivity (Wildman–Crippen MR) is 71.9 cm³/mol. The molecule has 0 saturated carbocycles. The van der Waals surface area contributed by atoms with Crippen LogP contribution in [0.1, 0.15) is 45.4 Å². The normalized spacial score (nSPS) is 25.7. The third-order valence-electron chi connectivity index (χ3n) is 4.33. The summed E-state index contributed by atoms with van der Waals surface area (Å²) in [6.45, 7) is 4.48. The van der Waals surface area contributed by atoms with Crippen molar-refractivity contribution in [2.24, 2.45) is 0 Å². The van der Waals surface area contributed by atoms with E-state index in [0.29, 0.717) is 12.5 Å². The fourth-order valence-electron chi connectivity index (χ4n) is 3.31. The van der Waals surface area contributed by atoms with Crippen molar-refractivity contribution in [1.29, 1.82) is 0 Å². The van der Waals surface area contributed by atoms with Gasteiger partial charge in [0.1, 0.15) is 6.04 Å². The highest BCUT2D eigenvalue weighted by atomic mass is 16.4. The van der Waals surface area contributed by atoms with E-state index in [0.717, 1.165) is 51.7 Å². The van der Waals surface area contributed by atoms with Gasteiger partial charge in [-0.3, -0.25) is 14.5 Å². The van der Waals surface area contributed by atoms with Crippen LogP contribution in [0.4, 0.5) is 0 Å². The van der Waals surface area contributed by atoms with Gasteiger partial charge in [-0.25, -0.2) is 0 Å². The van der Waals surface area contributed by atoms with Gasteiger partial charge >= 0.3 is 5.97 Å². The van der Waals surface area contributed by atoms with Crippen LogP contribution in [0.3, 0.4) is 0 Å². The minimum absolute atomic E-state index is 0.247. The lowest BCUT2D eigenvalue weighted by Gasteiger charge is -2.38. The second kappa shape index (κ2) is 6.37. The summed E-state index contributed by atoms with van der Waals surface area (Å²) < 4.78 is 0. The Labute approximate surface area is 114 Å². The SMILES string of the molecule is CCCC(=O)N1CCC(N2CCCC2C(=O)O)CC1. The van der Waals surface area contributed by atoms with Crippen molar-refractivity contribution in [2.75, 3.05) is 19.6 Å². The van der Waals surface area contributed by atoms with E-state index in [1.807, 2.05) is 11.8 Å². The van der Waals surface area contributed by atoms with Gasteiger partial charge in [0.15, 0.2) is 0 Å². The number of aliphatic carboxylic acids is 1. The zero-order valence-electron chi connectivity index (χ0n) is 11.7. The molecule has 5 nitrogen and oxygen atoms in total. The molecule has 0 aromatic carbocycles. The van der Waals surface area contributed by atoms with E-state index in [1.165, 1.54) is 0 Å². The van der Waals surface area contributed by atoms with Crippen molar-refractivity contribution in [3.05, 3.63) is 0 Å². The summed E-state index contributed by atoms with van der Waals surface area (Å²) in [4.78, 5) is 27.1. The molecule has 2 aliphatic heterocycles. The van der Waals surface area contributed by atoms with Gasteiger partial charge in [-0.05, 0) is 38.6 Å². The van der Waals surface area contributed by atoms with Crippen molar-refractivity contribution >= 4 is 11.9 Å². The molecule has 1 amide bonds. The minimum atomic E-state index is -0.693. The summed E-state index contributed by atoms with van der Waals surface area (Å²) in [6.07, 6.45) is 5.10. The number of piperidine rings is 1. The predicted octanol–water partition coefficient (Wildman–Crippen LogP) is 1.33. The lowest BCUT2D eigenvalue weighted by molar-refractivity contribution is -0.144. The molecule has 2 aliphatic rings. The molecule has 2 rings (SSSR count). The van der Waals surface area contributed by atoms with Gasteiger partial charge in [-0.15, -0.1) is 0 Å². The largest absolute Gasteiger partial charge is 0.480 e. The number of hydrogen-bond donors (Lipinski definition) is 1. The highest BCUT2D eigenvalue weighted by Gasteiger charge is 2.36. The Hall–Kier alpha value is -1.10. The first-order chi connectivity index (χ1) is 9.13. The lowest BCUT2D eigenvalue weighted by Crippen LogP contribution is -2.49. The maximum atomic E-state index is 11.8. The number of amides is 1. The van der Waals surface area contributed by atoms with E-state index in [2.05, 4.69) is 4.90 Å². The van der Waals surface area contributed by atoms with Gasteiger partial charge in [0, 0.05) is 25.6 Å². The monoisotopic (exact) mass is 268 g/mol. The van der Waals surface area contributed by atoms with Crippen LogP contribution in [0.2, 0.25) is 0 Å². The van der Waals surface area contributed by atoms with E-state index in [1.54, 1.807) is 0 Å². The van der Waals surface area contributed by atoms with Crippen LogP contribution in [0.15, 0.2) is 0 Å². The summed E-state index contributed by atoms with van der Waals surface area (Å²) in [5.41, 5.74) is 0. The smallest absolute Gasteiger partial charge is 0.320 e. The van der Waals surface area contributed by atoms with Gasteiger partial charge in [0.2, 0.25) is 5.91 Å². The molecule has 0 spiro atoms. The van der Waals surface area contributed by atoms with Crippen molar-refractivity contribution in [3.63, 3.8) is 0 Å². The van der Waals surface area contributed by atoms with Crippen molar-refractivity contribution < 1.29 is 14.7 Å². The topological polar surface area (TPSA) is 60.9 Å². The van der Waals surface area contributed by atoms with Crippen LogP contribution in [0.25, 0.3) is 0 Å². The average molecular weight is 268 g/mol. The summed E-state index contributed by atoms with van der Waals surface area (Å²) in [7, 11) is 0. The van der Waals surface area contributed by atoms with Crippen molar-refractivity contribution in [2.45, 2.75) is 57.5 Å². The van der Waals surface area contributed by atoms with Gasteiger partial charge in [0.05, 0.1) is 0 Å². The summed E-state index contributed by atoms with van der Waals surface area (Å²) >= 11 is 0. The third-order valence-corrected chi connectivity index (χ3v) is 4.33. The minimum Gasteiger partial charge on any atom is -0.480 e. The zero-order chi connectivity index (χ0) is 13.8. The van der Waals surface area contributed by atoms with Gasteiger partial charge in [-0.2, -0.15) is 0 Å². The van der Waals surface area contributed by atoms with E-state index in [-0.39, 0.29) is 11.9 Å². The Morgan fingerprint density at radius 3 is 2.42 bits per heavy atom. The average Bonchev–Trinajstić information content (AvgIpc) is 2.88. The summed E-state index contributed by atoms with van der Waals surface area (Å²) in [5.74, 6) is -0.445. The second-order valence-electron chi connectivity index (χ2n) is 5.60. The summed E-state index contributed by atoms with van der Waals surface area (Å²) in [5, 5.41) is 9.22. The number of rotatable bonds is 4. The number of carbonyl (C=O) groups is 2. The maximum Gasteiger partial charge on any atom is 0.320 e. The molecule has 0 radical (unpaired) electrons. The molecule has 0 bridgehead atoms. The molecular weight excluding hydrogens is 244 g/mol. The molecule has 1 atom stereocenters. The number of carboxylic acids is 1. The van der Waals surface area contributed by atoms with Crippen LogP contribution in [0.5, 0.6) is 0 Å². The number of hydrogen-bond acceptors (Lipinski definition) is 3. The highest BCUT2D eigenvalue weighted by Crippen LogP contribution is 2.26. The molecular formula is C14H24N2O3. The van der Waals surface area contributed by atoms with Crippen LogP contribution >= 0.6 is 0 Å². The Balaban J connectivity index is 1.86. The number of likely N-dealkylation sites (tertiary alicyclic amines) is 2. The van der Waals surface area contributed by atoms with E-state index < -0.39 is 5.97 Å². The first-order valence-electron chi connectivity index (χ1n) is 7.39. The van der Waals surface area contributed by atoms with Crippen LogP contribution in [-0.4, -0.2) is 58.5 Å². The van der Waals surface area contributed by atoms with E-state index >= 15 is 0 Å². The van der Waals surface area contributed by atoms with Crippen LogP contribution in [0, 0.1) is 0 Å². The van der Waals surface area contributed by atoms with E-state index in [4.69, 9.17) is 0 Å². The molecule has 2 heterocycles. The Bertz CT molecular complexity index is 338. The Morgan fingerprint density at radius 2 is 1.84 bits per heavy atom. The first kappa shape index (κ1) is 14.3. The molecule has 1 unspecified atom stereocenters. The molecule has 0 aromatic heterocycles. The summed E-state index contributed by atoms with van der Waals surface area (Å²) in [6, 6.07) is 0.0390. The fraction of sp³-hybridized carbons (Fsp3) is 0.857. The second-order valence-corrected chi connectivity index (χ2v) is 5.60. The fourth-order valence-corrected chi connectivity index (χ4v) is 3.31. The zero-order valence-corrected chi connectivity index (χ0v) is 11.7. The molecule has 1 N–H and O–H groups in total. The Morgan fingerprint density at radius 1 is 1.16 bits per heavy atom. The molecule has 0 aromatic rings. The van der Waals surface area contributed by atoms with Gasteiger partial charge < -0.3 is 10.0 Å². The molecule has 19 heavy (non-hydrogen) atoms. The molecule has 0 aliphatic carbocycles. The van der Waals surface area contributed by atoms with Gasteiger partial charge in [0.25, 0.3) is 0 Å². The van der Waals surface area contributed by atoms with Crippen molar-refractivity contribution in [1.82, 2.24) is 9.80 Å². The number of nitrogens with zero attached hydrogens (tertiary/aromatic N) is 2. The molecule has 5 heteroatoms. The van der Waals surface area contributed by atoms with Gasteiger partial charge in [-0.1, -0.05) is 6.92 Å². The third kappa shape index (κ3) is 3.26. The molecule has 108 valence electrons. The van der Waals surface area contributed by atoms with Crippen molar-refractivity contribution in [3.8, 4) is 0 Å². The Kier molecular flexibility index (Phi) is 4.80. The standard InChI is InChI=1S/C14H24N2O3/c1-2-4-13(17)15-9-6-11(7-10-15)16-8-3-5-12(16)14(18)19/h11-12H,2-10H2,1H3,(H,18,19). The first-order valence-corrected chi connectivity index (χ1v) is 7.39. The number of carboxylic acid groups (broad SMARTS) is 1. The maximum absolute atomic E-state index is 11.8. The quantitative estimate of drug-likeness (QED) is 0.835. The molecule has 2 fully saturated rings.